The van der Waals surface area contributed by atoms with E-state index in [1.165, 1.54) is 0 Å². The van der Waals surface area contributed by atoms with Gasteiger partial charge in [0.1, 0.15) is 12.8 Å². The van der Waals surface area contributed by atoms with E-state index in [2.05, 4.69) is 15.6 Å². The predicted octanol–water partition coefficient (Wildman–Crippen LogP) is 1.34. The fourth-order valence-electron chi connectivity index (χ4n) is 2.41. The lowest BCUT2D eigenvalue weighted by Gasteiger charge is -2.37. The number of carbonyl (C=O) groups is 1. The molecule has 7 nitrogen and oxygen atoms in total. The second-order valence-corrected chi connectivity index (χ2v) is 8.14. The van der Waals surface area contributed by atoms with Crippen LogP contribution in [-0.2, 0) is 9.47 Å². The van der Waals surface area contributed by atoms with Gasteiger partial charge >= 0.3 is 6.09 Å². The molecule has 23 heavy (non-hydrogen) atoms. The smallest absolute Gasteiger partial charge is 0.408 e. The Hall–Kier alpha value is -0.0200. The highest BCUT2D eigenvalue weighted by atomic mass is 35.6. The summed E-state index contributed by atoms with van der Waals surface area (Å²) in [7, 11) is 2.05. The second-order valence-electron chi connectivity index (χ2n) is 5.77. The molecule has 2 heterocycles. The van der Waals surface area contributed by atoms with Crippen LogP contribution in [0.25, 0.3) is 0 Å². The number of hydrazine groups is 1. The average molecular weight is 390 g/mol. The standard InChI is InChI=1S/C13H23Cl3N4O3/c1-19-4-6-20(7-5-19)18-11(13(14,15)16)17-12(21)23-9-10-3-2-8-22-10/h10-11,18H,2-9H2,1H3,(H,17,21)/t10-,11+/m1/s1. The van der Waals surface area contributed by atoms with Gasteiger partial charge in [0.2, 0.25) is 3.79 Å². The topological polar surface area (TPSA) is 66.1 Å². The largest absolute Gasteiger partial charge is 0.447 e. The summed E-state index contributed by atoms with van der Waals surface area (Å²) in [6.45, 7) is 4.22. The van der Waals surface area contributed by atoms with Crippen LogP contribution in [0.4, 0.5) is 4.79 Å². The van der Waals surface area contributed by atoms with Crippen molar-refractivity contribution < 1.29 is 14.3 Å². The molecule has 10 heteroatoms. The van der Waals surface area contributed by atoms with Crippen molar-refractivity contribution in [2.75, 3.05) is 46.4 Å². The maximum atomic E-state index is 11.9. The maximum Gasteiger partial charge on any atom is 0.408 e. The van der Waals surface area contributed by atoms with Crippen LogP contribution < -0.4 is 10.7 Å². The monoisotopic (exact) mass is 388 g/mol. The Bertz CT molecular complexity index is 383. The van der Waals surface area contributed by atoms with Crippen LogP contribution in [0.15, 0.2) is 0 Å². The first-order valence-corrected chi connectivity index (χ1v) is 8.79. The normalized spacial score (nSPS) is 25.3. The molecule has 2 N–H and O–H groups in total. The van der Waals surface area contributed by atoms with Gasteiger partial charge in [-0.15, -0.1) is 0 Å². The number of nitrogens with zero attached hydrogens (tertiary/aromatic N) is 2. The van der Waals surface area contributed by atoms with E-state index in [4.69, 9.17) is 44.3 Å². The molecule has 0 saturated carbocycles. The van der Waals surface area contributed by atoms with Gasteiger partial charge in [-0.05, 0) is 19.9 Å². The maximum absolute atomic E-state index is 11.9. The van der Waals surface area contributed by atoms with Crippen LogP contribution in [0.3, 0.4) is 0 Å². The summed E-state index contributed by atoms with van der Waals surface area (Å²) >= 11 is 17.9. The van der Waals surface area contributed by atoms with E-state index in [1.54, 1.807) is 0 Å². The van der Waals surface area contributed by atoms with E-state index < -0.39 is 16.1 Å². The number of alkyl halides is 3. The fraction of sp³-hybridized carbons (Fsp3) is 0.923. The quantitative estimate of drug-likeness (QED) is 0.546. The molecular weight excluding hydrogens is 367 g/mol. The first kappa shape index (κ1) is 19.3. The molecule has 2 aliphatic rings. The molecule has 134 valence electrons. The summed E-state index contributed by atoms with van der Waals surface area (Å²) in [4.78, 5) is 14.1. The minimum atomic E-state index is -1.70. The second kappa shape index (κ2) is 8.89. The Morgan fingerprint density at radius 3 is 2.61 bits per heavy atom. The lowest BCUT2D eigenvalue weighted by molar-refractivity contribution is 0.0380. The number of amides is 1. The molecular formula is C13H23Cl3N4O3. The number of alkyl carbamates (subject to hydrolysis) is 1. The number of likely N-dealkylation sites (N-methyl/N-ethyl adjacent to an activating group) is 1. The Morgan fingerprint density at radius 1 is 1.35 bits per heavy atom. The van der Waals surface area contributed by atoms with Crippen molar-refractivity contribution in [2.24, 2.45) is 0 Å². The van der Waals surface area contributed by atoms with E-state index >= 15 is 0 Å². The molecule has 2 rings (SSSR count). The Balaban J connectivity index is 1.79. The molecule has 0 bridgehead atoms. The molecule has 0 aromatic rings. The molecule has 0 unspecified atom stereocenters. The van der Waals surface area contributed by atoms with Crippen LogP contribution in [0.1, 0.15) is 12.8 Å². The highest BCUT2D eigenvalue weighted by Gasteiger charge is 2.36. The summed E-state index contributed by atoms with van der Waals surface area (Å²) in [5.41, 5.74) is 3.04. The van der Waals surface area contributed by atoms with E-state index in [-0.39, 0.29) is 12.7 Å². The first-order chi connectivity index (χ1) is 10.8. The number of rotatable bonds is 5. The highest BCUT2D eigenvalue weighted by Crippen LogP contribution is 2.29. The van der Waals surface area contributed by atoms with Crippen LogP contribution in [0.5, 0.6) is 0 Å². The predicted molar refractivity (Wildman–Crippen MR) is 89.7 cm³/mol. The van der Waals surface area contributed by atoms with Gasteiger partial charge in [-0.2, -0.15) is 0 Å². The van der Waals surface area contributed by atoms with E-state index in [1.807, 2.05) is 12.1 Å². The molecule has 2 aliphatic heterocycles. The summed E-state index contributed by atoms with van der Waals surface area (Å²) in [6, 6.07) is 0. The van der Waals surface area contributed by atoms with Gasteiger partial charge in [0.15, 0.2) is 0 Å². The zero-order valence-corrected chi connectivity index (χ0v) is 15.3. The molecule has 0 aromatic heterocycles. The number of carbonyl (C=O) groups excluding carboxylic acids is 1. The summed E-state index contributed by atoms with van der Waals surface area (Å²) in [5, 5.41) is 4.48. The van der Waals surface area contributed by atoms with Gasteiger partial charge in [0.25, 0.3) is 0 Å². The molecule has 1 amide bonds. The van der Waals surface area contributed by atoms with Crippen LogP contribution in [-0.4, -0.2) is 78.5 Å². The van der Waals surface area contributed by atoms with Gasteiger partial charge in [-0.3, -0.25) is 0 Å². The Morgan fingerprint density at radius 2 is 2.04 bits per heavy atom. The van der Waals surface area contributed by atoms with Crippen LogP contribution in [0.2, 0.25) is 0 Å². The van der Waals surface area contributed by atoms with Crippen molar-refractivity contribution in [3.8, 4) is 0 Å². The van der Waals surface area contributed by atoms with Gasteiger partial charge in [-0.25, -0.2) is 15.2 Å². The van der Waals surface area contributed by atoms with Gasteiger partial charge < -0.3 is 19.7 Å². The SMILES string of the molecule is CN1CCN(N[C@H](NC(=O)OC[C@H]2CCCO2)C(Cl)(Cl)Cl)CC1. The minimum Gasteiger partial charge on any atom is -0.447 e. The molecule has 2 atom stereocenters. The third-order valence-electron chi connectivity index (χ3n) is 3.83. The molecule has 0 radical (unpaired) electrons. The van der Waals surface area contributed by atoms with Crippen molar-refractivity contribution in [1.29, 1.82) is 0 Å². The number of ether oxygens (including phenoxy) is 2. The van der Waals surface area contributed by atoms with Gasteiger partial charge in [0.05, 0.1) is 6.10 Å². The zero-order chi connectivity index (χ0) is 16.9. The highest BCUT2D eigenvalue weighted by molar-refractivity contribution is 6.68. The first-order valence-electron chi connectivity index (χ1n) is 7.66. The summed E-state index contributed by atoms with van der Waals surface area (Å²) < 4.78 is 8.83. The van der Waals surface area contributed by atoms with Crippen molar-refractivity contribution in [3.05, 3.63) is 0 Å². The molecule has 0 aliphatic carbocycles. The number of nitrogens with one attached hydrogen (secondary N) is 2. The van der Waals surface area contributed by atoms with Crippen molar-refractivity contribution >= 4 is 40.9 Å². The minimum absolute atomic E-state index is 0.0439. The van der Waals surface area contributed by atoms with Crippen LogP contribution >= 0.6 is 34.8 Å². The third-order valence-corrected chi connectivity index (χ3v) is 4.48. The number of halogens is 3. The fourth-order valence-corrected chi connectivity index (χ4v) is 2.72. The lowest BCUT2D eigenvalue weighted by Crippen LogP contribution is -2.62. The zero-order valence-electron chi connectivity index (χ0n) is 13.1. The third kappa shape index (κ3) is 6.78. The number of piperazine rings is 1. The molecule has 2 fully saturated rings. The number of hydrogen-bond acceptors (Lipinski definition) is 6. The van der Waals surface area contributed by atoms with E-state index in [0.717, 1.165) is 39.0 Å². The van der Waals surface area contributed by atoms with E-state index in [9.17, 15) is 4.79 Å². The van der Waals surface area contributed by atoms with E-state index in [0.29, 0.717) is 6.61 Å². The van der Waals surface area contributed by atoms with Crippen molar-refractivity contribution in [2.45, 2.75) is 28.9 Å². The van der Waals surface area contributed by atoms with Gasteiger partial charge in [-0.1, -0.05) is 34.8 Å². The van der Waals surface area contributed by atoms with Crippen molar-refractivity contribution in [3.63, 3.8) is 0 Å². The molecule has 0 spiro atoms. The average Bonchev–Trinajstić information content (AvgIpc) is 2.99. The van der Waals surface area contributed by atoms with Crippen molar-refractivity contribution in [1.82, 2.24) is 20.7 Å². The Kier molecular flexibility index (Phi) is 7.47. The summed E-state index contributed by atoms with van der Waals surface area (Å²) in [5.74, 6) is 0. The van der Waals surface area contributed by atoms with Gasteiger partial charge in [0, 0.05) is 32.8 Å². The molecule has 0 aromatic carbocycles. The number of hydrogen-bond donors (Lipinski definition) is 2. The van der Waals surface area contributed by atoms with Crippen LogP contribution in [0, 0.1) is 0 Å². The lowest BCUT2D eigenvalue weighted by atomic mass is 10.2. The summed E-state index contributed by atoms with van der Waals surface area (Å²) in [6.07, 6.45) is 0.307. The Labute approximate surface area is 151 Å². The molecule has 2 saturated heterocycles.